The van der Waals surface area contributed by atoms with Gasteiger partial charge in [-0.1, -0.05) is 15.9 Å². The number of halogens is 2. The molecule has 0 bridgehead atoms. The normalized spacial score (nSPS) is 17.3. The minimum atomic E-state index is 0. The zero-order valence-corrected chi connectivity index (χ0v) is 18.4. The molecule has 2 aromatic rings. The highest BCUT2D eigenvalue weighted by molar-refractivity contribution is 14.0. The molecule has 0 spiro atoms. The van der Waals surface area contributed by atoms with Crippen molar-refractivity contribution in [3.63, 3.8) is 0 Å². The Morgan fingerprint density at radius 2 is 2.12 bits per heavy atom. The van der Waals surface area contributed by atoms with Crippen molar-refractivity contribution in [2.75, 3.05) is 25.0 Å². The van der Waals surface area contributed by atoms with Gasteiger partial charge in [-0.05, 0) is 30.7 Å². The maximum Gasteiger partial charge on any atom is 0.191 e. The van der Waals surface area contributed by atoms with Gasteiger partial charge >= 0.3 is 0 Å². The predicted molar refractivity (Wildman–Crippen MR) is 117 cm³/mol. The van der Waals surface area contributed by atoms with Crippen LogP contribution in [0.25, 0.3) is 0 Å². The molecule has 0 aliphatic carbocycles. The van der Waals surface area contributed by atoms with Crippen molar-refractivity contribution in [3.05, 3.63) is 46.7 Å². The molecule has 1 aromatic heterocycles. The molecule has 136 valence electrons. The van der Waals surface area contributed by atoms with Gasteiger partial charge in [0, 0.05) is 61.7 Å². The van der Waals surface area contributed by atoms with Crippen molar-refractivity contribution in [1.29, 1.82) is 0 Å². The highest BCUT2D eigenvalue weighted by atomic mass is 127. The van der Waals surface area contributed by atoms with Crippen molar-refractivity contribution in [1.82, 2.24) is 20.4 Å². The second-order valence-electron chi connectivity index (χ2n) is 6.00. The van der Waals surface area contributed by atoms with E-state index in [2.05, 4.69) is 65.8 Å². The summed E-state index contributed by atoms with van der Waals surface area (Å²) >= 11 is 3.49. The van der Waals surface area contributed by atoms with Gasteiger partial charge in [0.2, 0.25) is 0 Å². The highest BCUT2D eigenvalue weighted by Crippen LogP contribution is 2.22. The number of guanidine groups is 1. The van der Waals surface area contributed by atoms with Gasteiger partial charge in [-0.2, -0.15) is 5.10 Å². The highest BCUT2D eigenvalue weighted by Gasteiger charge is 2.23. The Morgan fingerprint density at radius 1 is 1.36 bits per heavy atom. The second kappa shape index (κ2) is 9.42. The van der Waals surface area contributed by atoms with E-state index in [1.54, 1.807) is 11.7 Å². The average Bonchev–Trinajstić information content (AvgIpc) is 3.21. The largest absolute Gasteiger partial charge is 0.369 e. The molecule has 6 nitrogen and oxygen atoms in total. The van der Waals surface area contributed by atoms with Crippen LogP contribution in [0.1, 0.15) is 12.0 Å². The molecule has 1 aliphatic heterocycles. The number of nitrogens with zero attached hydrogens (tertiary/aromatic N) is 4. The van der Waals surface area contributed by atoms with Crippen LogP contribution in [-0.2, 0) is 13.6 Å². The molecule has 1 atom stereocenters. The van der Waals surface area contributed by atoms with E-state index in [0.717, 1.165) is 42.1 Å². The lowest BCUT2D eigenvalue weighted by Gasteiger charge is -2.20. The SMILES string of the molecule is CN=C(NCc1cnn(C)c1)NC1CCN(c2ccc(Br)cc2)C1.I. The molecule has 1 saturated heterocycles. The number of rotatable bonds is 4. The van der Waals surface area contributed by atoms with Crippen LogP contribution in [0, 0.1) is 0 Å². The maximum atomic E-state index is 4.33. The quantitative estimate of drug-likeness (QED) is 0.371. The van der Waals surface area contributed by atoms with Crippen LogP contribution in [0.2, 0.25) is 0 Å². The predicted octanol–water partition coefficient (Wildman–Crippen LogP) is 2.74. The first-order valence-electron chi connectivity index (χ1n) is 8.09. The summed E-state index contributed by atoms with van der Waals surface area (Å²) in [6.07, 6.45) is 4.97. The third-order valence-electron chi connectivity index (χ3n) is 4.16. The molecule has 3 rings (SSSR count). The molecule has 2 N–H and O–H groups in total. The molecule has 2 heterocycles. The van der Waals surface area contributed by atoms with Crippen molar-refractivity contribution < 1.29 is 0 Å². The lowest BCUT2D eigenvalue weighted by atomic mass is 10.2. The number of nitrogens with one attached hydrogen (secondary N) is 2. The summed E-state index contributed by atoms with van der Waals surface area (Å²) in [6.45, 7) is 2.75. The molecular weight excluding hydrogens is 495 g/mol. The number of aromatic nitrogens is 2. The summed E-state index contributed by atoms with van der Waals surface area (Å²) < 4.78 is 2.92. The summed E-state index contributed by atoms with van der Waals surface area (Å²) in [4.78, 5) is 6.73. The number of aryl methyl sites for hydroxylation is 1. The summed E-state index contributed by atoms with van der Waals surface area (Å²) in [5.41, 5.74) is 2.41. The summed E-state index contributed by atoms with van der Waals surface area (Å²) in [5, 5.41) is 11.0. The minimum Gasteiger partial charge on any atom is -0.369 e. The molecule has 1 aliphatic rings. The first-order chi connectivity index (χ1) is 11.6. The van der Waals surface area contributed by atoms with Gasteiger partial charge in [0.15, 0.2) is 5.96 Å². The second-order valence-corrected chi connectivity index (χ2v) is 6.92. The maximum absolute atomic E-state index is 4.33. The van der Waals surface area contributed by atoms with Crippen molar-refractivity contribution in [2.45, 2.75) is 19.0 Å². The van der Waals surface area contributed by atoms with Crippen molar-refractivity contribution in [3.8, 4) is 0 Å². The first-order valence-corrected chi connectivity index (χ1v) is 8.88. The van der Waals surface area contributed by atoms with Crippen molar-refractivity contribution >= 4 is 51.6 Å². The van der Waals surface area contributed by atoms with E-state index in [1.807, 2.05) is 19.4 Å². The molecule has 8 heteroatoms. The van der Waals surface area contributed by atoms with Gasteiger partial charge in [0.1, 0.15) is 0 Å². The molecular formula is C17H24BrIN6. The third kappa shape index (κ3) is 5.60. The van der Waals surface area contributed by atoms with Gasteiger partial charge < -0.3 is 15.5 Å². The molecule has 0 amide bonds. The van der Waals surface area contributed by atoms with Crippen LogP contribution >= 0.6 is 39.9 Å². The fraction of sp³-hybridized carbons (Fsp3) is 0.412. The molecule has 1 fully saturated rings. The summed E-state index contributed by atoms with van der Waals surface area (Å²) in [5.74, 6) is 0.835. The average molecular weight is 519 g/mol. The molecule has 0 radical (unpaired) electrons. The van der Waals surface area contributed by atoms with E-state index in [0.29, 0.717) is 6.04 Å². The Balaban J connectivity index is 0.00000225. The number of hydrogen-bond acceptors (Lipinski definition) is 3. The Hall–Kier alpha value is -1.29. The Bertz CT molecular complexity index is 699. The van der Waals surface area contributed by atoms with Crippen LogP contribution in [0.15, 0.2) is 46.1 Å². The number of anilines is 1. The van der Waals surface area contributed by atoms with Gasteiger partial charge in [0.25, 0.3) is 0 Å². The molecule has 25 heavy (non-hydrogen) atoms. The van der Waals surface area contributed by atoms with Crippen molar-refractivity contribution in [2.24, 2.45) is 12.0 Å². The fourth-order valence-corrected chi connectivity index (χ4v) is 3.17. The summed E-state index contributed by atoms with van der Waals surface area (Å²) in [6, 6.07) is 8.88. The Morgan fingerprint density at radius 3 is 2.76 bits per heavy atom. The van der Waals surface area contributed by atoms with E-state index in [-0.39, 0.29) is 24.0 Å². The third-order valence-corrected chi connectivity index (χ3v) is 4.69. The van der Waals surface area contributed by atoms with E-state index < -0.39 is 0 Å². The zero-order chi connectivity index (χ0) is 16.9. The smallest absolute Gasteiger partial charge is 0.191 e. The Kier molecular flexibility index (Phi) is 7.55. The van der Waals surface area contributed by atoms with E-state index in [4.69, 9.17) is 0 Å². The molecule has 0 saturated carbocycles. The van der Waals surface area contributed by atoms with Gasteiger partial charge in [-0.25, -0.2) is 0 Å². The number of benzene rings is 1. The Labute approximate surface area is 174 Å². The standard InChI is InChI=1S/C17H23BrN6.HI/c1-19-17(20-9-13-10-21-23(2)11-13)22-15-7-8-24(12-15)16-5-3-14(18)4-6-16;/h3-6,10-11,15H,7-9,12H2,1-2H3,(H2,19,20,22);1H. The van der Waals surface area contributed by atoms with Gasteiger partial charge in [0.05, 0.1) is 6.20 Å². The minimum absolute atomic E-state index is 0. The van der Waals surface area contributed by atoms with Crippen LogP contribution in [0.4, 0.5) is 5.69 Å². The van der Waals surface area contributed by atoms with Crippen LogP contribution < -0.4 is 15.5 Å². The number of hydrogen-bond donors (Lipinski definition) is 2. The molecule has 1 aromatic carbocycles. The zero-order valence-electron chi connectivity index (χ0n) is 14.4. The summed E-state index contributed by atoms with van der Waals surface area (Å²) in [7, 11) is 3.73. The van der Waals surface area contributed by atoms with Gasteiger partial charge in [-0.15, -0.1) is 24.0 Å². The monoisotopic (exact) mass is 518 g/mol. The molecule has 1 unspecified atom stereocenters. The van der Waals surface area contributed by atoms with Gasteiger partial charge in [-0.3, -0.25) is 9.67 Å². The lowest BCUT2D eigenvalue weighted by molar-refractivity contribution is 0.648. The van der Waals surface area contributed by atoms with Crippen LogP contribution in [-0.4, -0.2) is 41.9 Å². The number of aliphatic imine (C=N–C) groups is 1. The topological polar surface area (TPSA) is 57.5 Å². The van der Waals surface area contributed by atoms with Crippen LogP contribution in [0.5, 0.6) is 0 Å². The fourth-order valence-electron chi connectivity index (χ4n) is 2.90. The lowest BCUT2D eigenvalue weighted by Crippen LogP contribution is -2.44. The van der Waals surface area contributed by atoms with E-state index in [1.165, 1.54) is 5.69 Å². The van der Waals surface area contributed by atoms with E-state index >= 15 is 0 Å². The van der Waals surface area contributed by atoms with Crippen LogP contribution in [0.3, 0.4) is 0 Å². The van der Waals surface area contributed by atoms with E-state index in [9.17, 15) is 0 Å². The first kappa shape index (κ1) is 20.0.